The number of hydrogen-bond donors (Lipinski definition) is 1. The SMILES string of the molecule is CCN(CC)C(=O)CCNC1CC2CCC1C2. The van der Waals surface area contributed by atoms with Gasteiger partial charge in [-0.15, -0.1) is 0 Å². The number of nitrogens with zero attached hydrogens (tertiary/aromatic N) is 1. The van der Waals surface area contributed by atoms with Crippen LogP contribution in [0.4, 0.5) is 0 Å². The van der Waals surface area contributed by atoms with E-state index in [9.17, 15) is 4.79 Å². The van der Waals surface area contributed by atoms with Crippen LogP contribution in [0.1, 0.15) is 46.0 Å². The van der Waals surface area contributed by atoms with E-state index in [0.29, 0.717) is 18.4 Å². The van der Waals surface area contributed by atoms with Crippen LogP contribution in [0, 0.1) is 11.8 Å². The van der Waals surface area contributed by atoms with Crippen molar-refractivity contribution in [3.05, 3.63) is 0 Å². The van der Waals surface area contributed by atoms with Gasteiger partial charge in [0.15, 0.2) is 0 Å². The molecule has 3 nitrogen and oxygen atoms in total. The predicted octanol–water partition coefficient (Wildman–Crippen LogP) is 2.02. The smallest absolute Gasteiger partial charge is 0.223 e. The largest absolute Gasteiger partial charge is 0.343 e. The third kappa shape index (κ3) is 3.01. The van der Waals surface area contributed by atoms with Gasteiger partial charge in [-0.05, 0) is 44.9 Å². The van der Waals surface area contributed by atoms with Crippen molar-refractivity contribution in [1.29, 1.82) is 0 Å². The van der Waals surface area contributed by atoms with Gasteiger partial charge in [0, 0.05) is 32.1 Å². The summed E-state index contributed by atoms with van der Waals surface area (Å²) in [5.41, 5.74) is 0. The highest BCUT2D eigenvalue weighted by Gasteiger charge is 2.38. The molecule has 3 heteroatoms. The molecule has 2 saturated carbocycles. The fourth-order valence-electron chi connectivity index (χ4n) is 3.59. The van der Waals surface area contributed by atoms with E-state index < -0.39 is 0 Å². The Bertz CT molecular complexity index is 263. The minimum atomic E-state index is 0.297. The Kier molecular flexibility index (Phi) is 4.43. The lowest BCUT2D eigenvalue weighted by Crippen LogP contribution is -2.38. The standard InChI is InChI=1S/C14H26N2O/c1-3-16(4-2)14(17)7-8-15-13-10-11-5-6-12(13)9-11/h11-13,15H,3-10H2,1-2H3. The lowest BCUT2D eigenvalue weighted by Gasteiger charge is -2.24. The maximum atomic E-state index is 11.8. The Morgan fingerprint density at radius 2 is 2.00 bits per heavy atom. The quantitative estimate of drug-likeness (QED) is 0.768. The van der Waals surface area contributed by atoms with Gasteiger partial charge in [0.2, 0.25) is 5.91 Å². The van der Waals surface area contributed by atoms with Crippen molar-refractivity contribution in [3.63, 3.8) is 0 Å². The Balaban J connectivity index is 1.64. The normalized spacial score (nSPS) is 30.8. The molecule has 2 rings (SSSR count). The Morgan fingerprint density at radius 3 is 2.53 bits per heavy atom. The molecule has 2 aliphatic carbocycles. The summed E-state index contributed by atoms with van der Waals surface area (Å²) in [5, 5.41) is 3.60. The van der Waals surface area contributed by atoms with Gasteiger partial charge in [-0.3, -0.25) is 4.79 Å². The average Bonchev–Trinajstić information content (AvgIpc) is 2.92. The molecular formula is C14H26N2O. The van der Waals surface area contributed by atoms with E-state index in [0.717, 1.165) is 31.5 Å². The first-order valence-corrected chi connectivity index (χ1v) is 7.25. The molecule has 17 heavy (non-hydrogen) atoms. The monoisotopic (exact) mass is 238 g/mol. The number of hydrogen-bond acceptors (Lipinski definition) is 2. The van der Waals surface area contributed by atoms with Crippen molar-refractivity contribution in [2.75, 3.05) is 19.6 Å². The molecule has 1 N–H and O–H groups in total. The molecule has 1 amide bonds. The van der Waals surface area contributed by atoms with Crippen LogP contribution < -0.4 is 5.32 Å². The summed E-state index contributed by atoms with van der Waals surface area (Å²) in [4.78, 5) is 13.7. The molecule has 0 saturated heterocycles. The van der Waals surface area contributed by atoms with Crippen LogP contribution >= 0.6 is 0 Å². The molecule has 3 unspecified atom stereocenters. The maximum Gasteiger partial charge on any atom is 0.223 e. The summed E-state index contributed by atoms with van der Waals surface area (Å²) in [6.07, 6.45) is 6.30. The zero-order chi connectivity index (χ0) is 12.3. The topological polar surface area (TPSA) is 32.3 Å². The highest BCUT2D eigenvalue weighted by Crippen LogP contribution is 2.44. The molecule has 2 aliphatic rings. The van der Waals surface area contributed by atoms with Crippen LogP contribution in [0.15, 0.2) is 0 Å². The van der Waals surface area contributed by atoms with Crippen LogP contribution in [0.3, 0.4) is 0 Å². The van der Waals surface area contributed by atoms with Gasteiger partial charge >= 0.3 is 0 Å². The van der Waals surface area contributed by atoms with Crippen molar-refractivity contribution >= 4 is 5.91 Å². The Hall–Kier alpha value is -0.570. The summed E-state index contributed by atoms with van der Waals surface area (Å²) in [6, 6.07) is 0.707. The molecule has 0 aromatic rings. The van der Waals surface area contributed by atoms with Crippen LogP contribution in [0.2, 0.25) is 0 Å². The number of rotatable bonds is 6. The van der Waals surface area contributed by atoms with E-state index in [1.165, 1.54) is 25.7 Å². The fraction of sp³-hybridized carbons (Fsp3) is 0.929. The van der Waals surface area contributed by atoms with Crippen molar-refractivity contribution in [2.24, 2.45) is 11.8 Å². The molecule has 0 aromatic carbocycles. The van der Waals surface area contributed by atoms with Gasteiger partial charge in [0.25, 0.3) is 0 Å². The number of amides is 1. The summed E-state index contributed by atoms with van der Waals surface area (Å²) < 4.78 is 0. The van der Waals surface area contributed by atoms with Crippen LogP contribution in [0.5, 0.6) is 0 Å². The van der Waals surface area contributed by atoms with E-state index in [4.69, 9.17) is 0 Å². The zero-order valence-electron chi connectivity index (χ0n) is 11.2. The molecule has 2 fully saturated rings. The second-order valence-corrected chi connectivity index (χ2v) is 5.55. The highest BCUT2D eigenvalue weighted by molar-refractivity contribution is 5.76. The molecule has 0 spiro atoms. The van der Waals surface area contributed by atoms with Crippen LogP contribution in [-0.2, 0) is 4.79 Å². The van der Waals surface area contributed by atoms with Gasteiger partial charge in [0.1, 0.15) is 0 Å². The minimum Gasteiger partial charge on any atom is -0.343 e. The zero-order valence-corrected chi connectivity index (χ0v) is 11.2. The summed E-state index contributed by atoms with van der Waals surface area (Å²) in [7, 11) is 0. The number of carbonyl (C=O) groups excluding carboxylic acids is 1. The average molecular weight is 238 g/mol. The summed E-state index contributed by atoms with van der Waals surface area (Å²) in [5.74, 6) is 2.19. The minimum absolute atomic E-state index is 0.297. The summed E-state index contributed by atoms with van der Waals surface area (Å²) in [6.45, 7) is 6.63. The van der Waals surface area contributed by atoms with Gasteiger partial charge in [-0.1, -0.05) is 6.42 Å². The van der Waals surface area contributed by atoms with E-state index in [2.05, 4.69) is 5.32 Å². The van der Waals surface area contributed by atoms with Crippen LogP contribution in [0.25, 0.3) is 0 Å². The van der Waals surface area contributed by atoms with E-state index >= 15 is 0 Å². The number of carbonyl (C=O) groups is 1. The van der Waals surface area contributed by atoms with E-state index in [1.54, 1.807) is 0 Å². The number of nitrogens with one attached hydrogen (secondary N) is 1. The van der Waals surface area contributed by atoms with Gasteiger partial charge < -0.3 is 10.2 Å². The summed E-state index contributed by atoms with van der Waals surface area (Å²) >= 11 is 0. The molecule has 2 bridgehead atoms. The van der Waals surface area contributed by atoms with Crippen molar-refractivity contribution < 1.29 is 4.79 Å². The fourth-order valence-corrected chi connectivity index (χ4v) is 3.59. The molecule has 0 aliphatic heterocycles. The number of fused-ring (bicyclic) bond motifs is 2. The van der Waals surface area contributed by atoms with Crippen molar-refractivity contribution in [2.45, 2.75) is 52.0 Å². The molecular weight excluding hydrogens is 212 g/mol. The van der Waals surface area contributed by atoms with Crippen molar-refractivity contribution in [3.8, 4) is 0 Å². The first-order chi connectivity index (χ1) is 8.24. The highest BCUT2D eigenvalue weighted by atomic mass is 16.2. The molecule has 0 radical (unpaired) electrons. The second kappa shape index (κ2) is 5.85. The lowest BCUT2D eigenvalue weighted by molar-refractivity contribution is -0.130. The van der Waals surface area contributed by atoms with E-state index in [1.807, 2.05) is 18.7 Å². The van der Waals surface area contributed by atoms with Gasteiger partial charge in [-0.25, -0.2) is 0 Å². The lowest BCUT2D eigenvalue weighted by atomic mass is 9.95. The first-order valence-electron chi connectivity index (χ1n) is 7.25. The molecule has 0 aromatic heterocycles. The Labute approximate surface area is 105 Å². The predicted molar refractivity (Wildman–Crippen MR) is 69.8 cm³/mol. The molecule has 98 valence electrons. The first kappa shape index (κ1) is 12.9. The maximum absolute atomic E-state index is 11.8. The molecule has 0 heterocycles. The van der Waals surface area contributed by atoms with Gasteiger partial charge in [0.05, 0.1) is 0 Å². The Morgan fingerprint density at radius 1 is 1.24 bits per heavy atom. The van der Waals surface area contributed by atoms with Gasteiger partial charge in [-0.2, -0.15) is 0 Å². The van der Waals surface area contributed by atoms with E-state index in [-0.39, 0.29) is 0 Å². The van der Waals surface area contributed by atoms with Crippen LogP contribution in [-0.4, -0.2) is 36.5 Å². The second-order valence-electron chi connectivity index (χ2n) is 5.55. The molecule has 3 atom stereocenters. The van der Waals surface area contributed by atoms with Crippen molar-refractivity contribution in [1.82, 2.24) is 10.2 Å². The third-order valence-corrected chi connectivity index (χ3v) is 4.60. The third-order valence-electron chi connectivity index (χ3n) is 4.60.